The Bertz CT molecular complexity index is 596. The molecular weight excluding hydrogens is 286 g/mol. The molecule has 2 rings (SSSR count). The van der Waals surface area contributed by atoms with Gasteiger partial charge >= 0.3 is 0 Å². The molecule has 0 saturated carbocycles. The minimum atomic E-state index is -0.211. The monoisotopic (exact) mass is 305 g/mol. The molecule has 7 heteroatoms. The smallest absolute Gasteiger partial charge is 0.271 e. The summed E-state index contributed by atoms with van der Waals surface area (Å²) in [5, 5.41) is 14.9. The third kappa shape index (κ3) is 3.98. The zero-order chi connectivity index (χ0) is 15.2. The van der Waals surface area contributed by atoms with E-state index in [1.807, 2.05) is 20.0 Å². The molecular formula is C14H19N5OS. The number of nitrogens with zero attached hydrogens (tertiary/aromatic N) is 3. The van der Waals surface area contributed by atoms with Crippen LogP contribution in [0.1, 0.15) is 47.2 Å². The van der Waals surface area contributed by atoms with Gasteiger partial charge in [-0.05, 0) is 32.4 Å². The van der Waals surface area contributed by atoms with Crippen molar-refractivity contribution in [2.75, 3.05) is 11.9 Å². The van der Waals surface area contributed by atoms with E-state index in [1.54, 1.807) is 23.5 Å². The summed E-state index contributed by atoms with van der Waals surface area (Å²) >= 11 is 1.69. The van der Waals surface area contributed by atoms with E-state index in [0.29, 0.717) is 18.1 Å². The number of amides is 1. The summed E-state index contributed by atoms with van der Waals surface area (Å²) in [6, 6.07) is 3.47. The standard InChI is InChI=1S/C14H19N5OS/c1-4-10-8-16-14(21-10)9(3)17-12-7-6-11(18-19-12)13(20)15-5-2/h6-9H,4-5H2,1-3H3,(H,15,20)(H,17,19). The molecule has 0 radical (unpaired) electrons. The highest BCUT2D eigenvalue weighted by Crippen LogP contribution is 2.23. The molecule has 0 bridgehead atoms. The first-order valence-electron chi connectivity index (χ1n) is 6.97. The largest absolute Gasteiger partial charge is 0.360 e. The average molecular weight is 305 g/mol. The van der Waals surface area contributed by atoms with Crippen LogP contribution < -0.4 is 10.6 Å². The fourth-order valence-electron chi connectivity index (χ4n) is 1.75. The summed E-state index contributed by atoms with van der Waals surface area (Å²) in [5.41, 5.74) is 0.317. The van der Waals surface area contributed by atoms with E-state index in [9.17, 15) is 4.79 Å². The number of thiazole rings is 1. The highest BCUT2D eigenvalue weighted by atomic mass is 32.1. The maximum atomic E-state index is 11.6. The van der Waals surface area contributed by atoms with Gasteiger partial charge in [-0.15, -0.1) is 21.5 Å². The highest BCUT2D eigenvalue weighted by molar-refractivity contribution is 7.11. The number of hydrogen-bond donors (Lipinski definition) is 2. The van der Waals surface area contributed by atoms with Crippen LogP contribution in [-0.4, -0.2) is 27.6 Å². The Morgan fingerprint density at radius 2 is 2.14 bits per heavy atom. The number of hydrogen-bond acceptors (Lipinski definition) is 6. The van der Waals surface area contributed by atoms with E-state index in [4.69, 9.17) is 0 Å². The minimum Gasteiger partial charge on any atom is -0.360 e. The van der Waals surface area contributed by atoms with E-state index in [0.717, 1.165) is 11.4 Å². The molecule has 0 fully saturated rings. The lowest BCUT2D eigenvalue weighted by Gasteiger charge is -2.11. The Labute approximate surface area is 128 Å². The third-order valence-corrected chi connectivity index (χ3v) is 4.21. The first-order valence-corrected chi connectivity index (χ1v) is 7.78. The summed E-state index contributed by atoms with van der Waals surface area (Å²) < 4.78 is 0. The van der Waals surface area contributed by atoms with Crippen molar-refractivity contribution in [3.05, 3.63) is 33.9 Å². The molecule has 0 spiro atoms. The van der Waals surface area contributed by atoms with Gasteiger partial charge in [0.1, 0.15) is 10.8 Å². The lowest BCUT2D eigenvalue weighted by Crippen LogP contribution is -2.24. The molecule has 21 heavy (non-hydrogen) atoms. The molecule has 0 aliphatic heterocycles. The Balaban J connectivity index is 2.01. The molecule has 0 aliphatic rings. The first-order chi connectivity index (χ1) is 10.1. The van der Waals surface area contributed by atoms with Gasteiger partial charge in [0.15, 0.2) is 5.69 Å². The number of rotatable bonds is 6. The van der Waals surface area contributed by atoms with Crippen molar-refractivity contribution in [1.29, 1.82) is 0 Å². The second kappa shape index (κ2) is 7.12. The van der Waals surface area contributed by atoms with Crippen LogP contribution in [0.15, 0.2) is 18.3 Å². The summed E-state index contributed by atoms with van der Waals surface area (Å²) in [6.45, 7) is 6.57. The lowest BCUT2D eigenvalue weighted by atomic mass is 10.3. The third-order valence-electron chi connectivity index (χ3n) is 2.89. The van der Waals surface area contributed by atoms with Crippen LogP contribution in [0, 0.1) is 0 Å². The summed E-state index contributed by atoms with van der Waals surface area (Å²) in [5.74, 6) is 0.418. The van der Waals surface area contributed by atoms with E-state index in [-0.39, 0.29) is 11.9 Å². The number of anilines is 1. The second-order valence-electron chi connectivity index (χ2n) is 4.55. The van der Waals surface area contributed by atoms with Crippen molar-refractivity contribution in [3.63, 3.8) is 0 Å². The number of aryl methyl sites for hydroxylation is 1. The van der Waals surface area contributed by atoms with Gasteiger partial charge in [-0.1, -0.05) is 6.92 Å². The maximum absolute atomic E-state index is 11.6. The molecule has 112 valence electrons. The zero-order valence-corrected chi connectivity index (χ0v) is 13.2. The Morgan fingerprint density at radius 3 is 2.71 bits per heavy atom. The van der Waals surface area contributed by atoms with Gasteiger partial charge in [0.25, 0.3) is 5.91 Å². The van der Waals surface area contributed by atoms with Crippen molar-refractivity contribution in [2.24, 2.45) is 0 Å². The van der Waals surface area contributed by atoms with E-state index in [2.05, 4.69) is 32.7 Å². The molecule has 2 aromatic rings. The predicted octanol–water partition coefficient (Wildman–Crippen LogP) is 2.42. The highest BCUT2D eigenvalue weighted by Gasteiger charge is 2.12. The van der Waals surface area contributed by atoms with Crippen LogP contribution in [0.3, 0.4) is 0 Å². The normalized spacial score (nSPS) is 12.0. The molecule has 0 saturated heterocycles. The molecule has 1 unspecified atom stereocenters. The van der Waals surface area contributed by atoms with Gasteiger partial charge in [0.2, 0.25) is 0 Å². The average Bonchev–Trinajstić information content (AvgIpc) is 2.97. The van der Waals surface area contributed by atoms with Crippen LogP contribution in [0.2, 0.25) is 0 Å². The Kier molecular flexibility index (Phi) is 5.21. The van der Waals surface area contributed by atoms with Gasteiger partial charge in [-0.3, -0.25) is 4.79 Å². The van der Waals surface area contributed by atoms with Gasteiger partial charge in [0.05, 0.1) is 6.04 Å². The van der Waals surface area contributed by atoms with Gasteiger partial charge < -0.3 is 10.6 Å². The van der Waals surface area contributed by atoms with Crippen LogP contribution in [0.5, 0.6) is 0 Å². The molecule has 2 N–H and O–H groups in total. The fraction of sp³-hybridized carbons (Fsp3) is 0.429. The number of nitrogens with one attached hydrogen (secondary N) is 2. The molecule has 0 aromatic carbocycles. The van der Waals surface area contributed by atoms with E-state index in [1.165, 1.54) is 4.88 Å². The van der Waals surface area contributed by atoms with Crippen molar-refractivity contribution in [2.45, 2.75) is 33.2 Å². The molecule has 0 aliphatic carbocycles. The van der Waals surface area contributed by atoms with Gasteiger partial charge in [0, 0.05) is 17.6 Å². The number of carbonyl (C=O) groups excluding carboxylic acids is 1. The SMILES string of the molecule is CCNC(=O)c1ccc(NC(C)c2ncc(CC)s2)nn1. The Morgan fingerprint density at radius 1 is 1.33 bits per heavy atom. The number of carbonyl (C=O) groups is 1. The summed E-state index contributed by atoms with van der Waals surface area (Å²) in [4.78, 5) is 17.3. The van der Waals surface area contributed by atoms with Crippen molar-refractivity contribution < 1.29 is 4.79 Å². The van der Waals surface area contributed by atoms with E-state index < -0.39 is 0 Å². The molecule has 1 atom stereocenters. The summed E-state index contributed by atoms with van der Waals surface area (Å²) in [6.07, 6.45) is 2.90. The topological polar surface area (TPSA) is 79.8 Å². The van der Waals surface area contributed by atoms with E-state index >= 15 is 0 Å². The lowest BCUT2D eigenvalue weighted by molar-refractivity contribution is 0.0950. The predicted molar refractivity (Wildman–Crippen MR) is 83.6 cm³/mol. The van der Waals surface area contributed by atoms with Crippen molar-refractivity contribution in [1.82, 2.24) is 20.5 Å². The van der Waals surface area contributed by atoms with Crippen LogP contribution in [0.4, 0.5) is 5.82 Å². The minimum absolute atomic E-state index is 0.0555. The quantitative estimate of drug-likeness (QED) is 0.856. The van der Waals surface area contributed by atoms with Crippen LogP contribution in [-0.2, 0) is 6.42 Å². The molecule has 6 nitrogen and oxygen atoms in total. The fourth-order valence-corrected chi connectivity index (χ4v) is 2.61. The molecule has 1 amide bonds. The first kappa shape index (κ1) is 15.4. The Hall–Kier alpha value is -2.02. The second-order valence-corrected chi connectivity index (χ2v) is 5.69. The molecule has 2 heterocycles. The van der Waals surface area contributed by atoms with Crippen molar-refractivity contribution >= 4 is 23.1 Å². The summed E-state index contributed by atoms with van der Waals surface area (Å²) in [7, 11) is 0. The van der Waals surface area contributed by atoms with Crippen molar-refractivity contribution in [3.8, 4) is 0 Å². The zero-order valence-electron chi connectivity index (χ0n) is 12.4. The maximum Gasteiger partial charge on any atom is 0.271 e. The van der Waals surface area contributed by atoms with Crippen LogP contribution in [0.25, 0.3) is 0 Å². The van der Waals surface area contributed by atoms with Crippen LogP contribution >= 0.6 is 11.3 Å². The van der Waals surface area contributed by atoms with Gasteiger partial charge in [-0.25, -0.2) is 4.98 Å². The molecule has 2 aromatic heterocycles. The number of aromatic nitrogens is 3. The van der Waals surface area contributed by atoms with Gasteiger partial charge in [-0.2, -0.15) is 0 Å².